The molecule has 1 rings (SSSR count). The first-order valence-electron chi connectivity index (χ1n) is 5.55. The molecule has 0 aliphatic carbocycles. The Morgan fingerprint density at radius 2 is 1.93 bits per heavy atom. The van der Waals surface area contributed by atoms with Crippen LogP contribution in [0.5, 0.6) is 0 Å². The van der Waals surface area contributed by atoms with Crippen molar-refractivity contribution in [2.45, 2.75) is 45.6 Å². The van der Waals surface area contributed by atoms with Crippen molar-refractivity contribution in [2.24, 2.45) is 0 Å². The Morgan fingerprint density at radius 3 is 2.33 bits per heavy atom. The Bertz CT molecular complexity index is 243. The van der Waals surface area contributed by atoms with Gasteiger partial charge in [-0.3, -0.25) is 4.55 Å². The second-order valence-corrected chi connectivity index (χ2v) is 5.44. The van der Waals surface area contributed by atoms with Gasteiger partial charge in [-0.25, -0.2) is 0 Å². The molecule has 0 aromatic heterocycles. The minimum atomic E-state index is -3.67. The molecule has 0 saturated carbocycles. The Hall–Kier alpha value is -0.130. The summed E-state index contributed by atoms with van der Waals surface area (Å²) in [7, 11) is -3.67. The van der Waals surface area contributed by atoms with Gasteiger partial charge in [0.15, 0.2) is 0 Å². The first-order valence-corrected chi connectivity index (χ1v) is 7.39. The van der Waals surface area contributed by atoms with Gasteiger partial charge >= 0.3 is 0 Å². The molecule has 0 radical (unpaired) electrons. The van der Waals surface area contributed by atoms with Crippen molar-refractivity contribution in [1.82, 2.24) is 4.90 Å². The maximum absolute atomic E-state index is 9.19. The third-order valence-corrected chi connectivity index (χ3v) is 2.48. The minimum Gasteiger partial charge on any atom is -0.300 e. The van der Waals surface area contributed by atoms with Crippen LogP contribution in [0.15, 0.2) is 0 Å². The molecule has 1 unspecified atom stereocenters. The van der Waals surface area contributed by atoms with Gasteiger partial charge in [0.05, 0.1) is 6.26 Å². The zero-order valence-electron chi connectivity index (χ0n) is 9.94. The van der Waals surface area contributed by atoms with E-state index in [1.54, 1.807) is 0 Å². The van der Waals surface area contributed by atoms with Gasteiger partial charge in [0.1, 0.15) is 0 Å². The highest BCUT2D eigenvalue weighted by molar-refractivity contribution is 7.85. The topological polar surface area (TPSA) is 57.6 Å². The monoisotopic (exact) mass is 237 g/mol. The van der Waals surface area contributed by atoms with Crippen molar-refractivity contribution in [3.63, 3.8) is 0 Å². The molecule has 1 aliphatic heterocycles. The van der Waals surface area contributed by atoms with Crippen LogP contribution in [0.3, 0.4) is 0 Å². The van der Waals surface area contributed by atoms with Crippen LogP contribution >= 0.6 is 0 Å². The summed E-state index contributed by atoms with van der Waals surface area (Å²) in [4.78, 5) is 2.64. The number of hydrogen-bond acceptors (Lipinski definition) is 3. The summed E-state index contributed by atoms with van der Waals surface area (Å²) >= 11 is 0. The van der Waals surface area contributed by atoms with Crippen LogP contribution in [0.2, 0.25) is 0 Å². The van der Waals surface area contributed by atoms with Gasteiger partial charge in [0.25, 0.3) is 10.1 Å². The van der Waals surface area contributed by atoms with E-state index in [-0.39, 0.29) is 0 Å². The second-order valence-electron chi connectivity index (χ2n) is 3.97. The Labute approximate surface area is 93.4 Å². The molecule has 0 amide bonds. The summed E-state index contributed by atoms with van der Waals surface area (Å²) in [6, 6.07) is 0.917. The maximum Gasteiger partial charge on any atom is 0.261 e. The molecule has 1 saturated heterocycles. The van der Waals surface area contributed by atoms with E-state index in [0.717, 1.165) is 6.04 Å². The summed E-state index contributed by atoms with van der Waals surface area (Å²) in [5.41, 5.74) is 0. The minimum absolute atomic E-state index is 0.715. The van der Waals surface area contributed by atoms with Crippen molar-refractivity contribution in [3.8, 4) is 0 Å². The molecule has 1 fully saturated rings. The summed E-state index contributed by atoms with van der Waals surface area (Å²) < 4.78 is 25.9. The predicted octanol–water partition coefficient (Wildman–Crippen LogP) is 1.77. The maximum atomic E-state index is 9.19. The van der Waals surface area contributed by atoms with Crippen molar-refractivity contribution in [3.05, 3.63) is 0 Å². The number of nitrogens with zero attached hydrogens (tertiary/aromatic N) is 1. The zero-order valence-corrected chi connectivity index (χ0v) is 10.8. The molecule has 92 valence electrons. The van der Waals surface area contributed by atoms with Crippen LogP contribution in [0.1, 0.15) is 39.5 Å². The third kappa shape index (κ3) is 8.84. The molecule has 15 heavy (non-hydrogen) atoms. The highest BCUT2D eigenvalue weighted by Gasteiger charge is 2.20. The van der Waals surface area contributed by atoms with Crippen LogP contribution in [0.25, 0.3) is 0 Å². The molecule has 0 aromatic rings. The van der Waals surface area contributed by atoms with Gasteiger partial charge in [0, 0.05) is 6.04 Å². The summed E-state index contributed by atoms with van der Waals surface area (Å²) in [6.07, 6.45) is 6.25. The van der Waals surface area contributed by atoms with Crippen LogP contribution < -0.4 is 0 Å². The lowest BCUT2D eigenvalue weighted by atomic mass is 10.2. The summed E-state index contributed by atoms with van der Waals surface area (Å²) in [5, 5.41) is 0. The molecule has 1 atom stereocenters. The van der Waals surface area contributed by atoms with Gasteiger partial charge in [-0.1, -0.05) is 13.8 Å². The number of likely N-dealkylation sites (tertiary alicyclic amines) is 1. The number of rotatable bonds is 3. The molecule has 0 spiro atoms. The fraction of sp³-hybridized carbons (Fsp3) is 1.00. The molecule has 0 aromatic carbocycles. The summed E-state index contributed by atoms with van der Waals surface area (Å²) in [5.74, 6) is 0. The van der Waals surface area contributed by atoms with E-state index < -0.39 is 10.1 Å². The molecule has 1 aliphatic rings. The Balaban J connectivity index is 0.000000336. The van der Waals surface area contributed by atoms with E-state index in [4.69, 9.17) is 4.55 Å². The molecule has 0 bridgehead atoms. The smallest absolute Gasteiger partial charge is 0.261 e. The Kier molecular flexibility index (Phi) is 7.13. The van der Waals surface area contributed by atoms with Gasteiger partial charge in [0.2, 0.25) is 0 Å². The fourth-order valence-electron chi connectivity index (χ4n) is 1.94. The van der Waals surface area contributed by atoms with Gasteiger partial charge in [-0.2, -0.15) is 8.42 Å². The normalized spacial score (nSPS) is 22.3. The lowest BCUT2D eigenvalue weighted by Crippen LogP contribution is -2.29. The molecular formula is C10H23NO3S. The van der Waals surface area contributed by atoms with E-state index in [2.05, 4.69) is 18.7 Å². The third-order valence-electron chi connectivity index (χ3n) is 2.48. The van der Waals surface area contributed by atoms with Crippen LogP contribution in [0.4, 0.5) is 0 Å². The SMILES string of the molecule is CCCN1CCCC1CC.CS(=O)(=O)O. The van der Waals surface area contributed by atoms with Crippen molar-refractivity contribution in [1.29, 1.82) is 0 Å². The van der Waals surface area contributed by atoms with E-state index in [9.17, 15) is 8.42 Å². The standard InChI is InChI=1S/C9H19N.CH4O3S/c1-3-7-10-8-5-6-9(10)4-2;1-5(2,3)4/h9H,3-8H2,1-2H3;1H3,(H,2,3,4). The predicted molar refractivity (Wildman–Crippen MR) is 62.6 cm³/mol. The average Bonchev–Trinajstić information content (AvgIpc) is 2.49. The number of hydrogen-bond donors (Lipinski definition) is 1. The van der Waals surface area contributed by atoms with E-state index in [1.165, 1.54) is 38.8 Å². The van der Waals surface area contributed by atoms with Crippen LogP contribution in [-0.4, -0.2) is 43.3 Å². The summed E-state index contributed by atoms with van der Waals surface area (Å²) in [6.45, 7) is 7.24. The van der Waals surface area contributed by atoms with Crippen molar-refractivity contribution in [2.75, 3.05) is 19.3 Å². The molecule has 1 heterocycles. The molecule has 5 heteroatoms. The van der Waals surface area contributed by atoms with Gasteiger partial charge < -0.3 is 4.90 Å². The van der Waals surface area contributed by atoms with E-state index in [1.807, 2.05) is 0 Å². The Morgan fingerprint density at radius 1 is 1.40 bits per heavy atom. The van der Waals surface area contributed by atoms with E-state index in [0.29, 0.717) is 6.26 Å². The average molecular weight is 237 g/mol. The largest absolute Gasteiger partial charge is 0.300 e. The van der Waals surface area contributed by atoms with Crippen LogP contribution in [0, 0.1) is 0 Å². The zero-order chi connectivity index (χ0) is 11.9. The fourth-order valence-corrected chi connectivity index (χ4v) is 1.94. The lowest BCUT2D eigenvalue weighted by molar-refractivity contribution is 0.249. The quantitative estimate of drug-likeness (QED) is 0.760. The van der Waals surface area contributed by atoms with Gasteiger partial charge in [-0.15, -0.1) is 0 Å². The molecular weight excluding hydrogens is 214 g/mol. The second kappa shape index (κ2) is 7.19. The van der Waals surface area contributed by atoms with Gasteiger partial charge in [-0.05, 0) is 38.8 Å². The highest BCUT2D eigenvalue weighted by Crippen LogP contribution is 2.19. The first-order chi connectivity index (χ1) is 6.88. The lowest BCUT2D eigenvalue weighted by Gasteiger charge is -2.21. The van der Waals surface area contributed by atoms with Crippen molar-refractivity contribution >= 4 is 10.1 Å². The first kappa shape index (κ1) is 14.9. The highest BCUT2D eigenvalue weighted by atomic mass is 32.2. The molecule has 1 N–H and O–H groups in total. The van der Waals surface area contributed by atoms with E-state index >= 15 is 0 Å². The van der Waals surface area contributed by atoms with Crippen molar-refractivity contribution < 1.29 is 13.0 Å². The van der Waals surface area contributed by atoms with Crippen LogP contribution in [-0.2, 0) is 10.1 Å². The molecule has 4 nitrogen and oxygen atoms in total.